The second-order valence-corrected chi connectivity index (χ2v) is 10.7. The highest BCUT2D eigenvalue weighted by molar-refractivity contribution is 5.90. The number of nitrogens with one attached hydrogen (secondary N) is 1. The average Bonchev–Trinajstić information content (AvgIpc) is 3.22. The van der Waals surface area contributed by atoms with Crippen molar-refractivity contribution in [2.75, 3.05) is 51.9 Å². The minimum atomic E-state index is -0.601. The molecule has 3 N–H and O–H groups in total. The van der Waals surface area contributed by atoms with Crippen molar-refractivity contribution in [3.8, 4) is 17.0 Å². The number of nitrogens with two attached hydrogens (primary N) is 1. The third-order valence-electron chi connectivity index (χ3n) is 6.71. The molecule has 4 rings (SSSR count). The standard InChI is InChI=1S/C27H39N7O3/c1-27(2,3)37-26(35)30-20-8-7-18(17-21(20)36-6)23-24-25(28)29-12-16-34(24)22(31-23)11-15-33-13-9-19(10-14-33)32(4)5/h7-8,12,16-17,19H,9-11,13-15H2,1-6H3,(H2,28,29)(H,30,35). The molecule has 10 heteroatoms. The van der Waals surface area contributed by atoms with Crippen LogP contribution in [0.1, 0.15) is 39.4 Å². The molecule has 0 radical (unpaired) electrons. The molecular formula is C27H39N7O3. The minimum absolute atomic E-state index is 0.415. The average molecular weight is 510 g/mol. The van der Waals surface area contributed by atoms with Crippen LogP contribution in [0, 0.1) is 0 Å². The Labute approximate surface area is 218 Å². The third kappa shape index (κ3) is 6.31. The maximum absolute atomic E-state index is 12.3. The Morgan fingerprint density at radius 3 is 2.62 bits per heavy atom. The van der Waals surface area contributed by atoms with Crippen molar-refractivity contribution in [1.29, 1.82) is 0 Å². The molecular weight excluding hydrogens is 470 g/mol. The zero-order valence-electron chi connectivity index (χ0n) is 22.7. The molecule has 3 heterocycles. The van der Waals surface area contributed by atoms with E-state index in [2.05, 4.69) is 34.2 Å². The maximum Gasteiger partial charge on any atom is 0.412 e. The number of nitrogens with zero attached hydrogens (tertiary/aromatic N) is 5. The summed E-state index contributed by atoms with van der Waals surface area (Å²) < 4.78 is 13.0. The molecule has 200 valence electrons. The Kier molecular flexibility index (Phi) is 7.89. The van der Waals surface area contributed by atoms with Crippen LogP contribution in [0.2, 0.25) is 0 Å². The smallest absolute Gasteiger partial charge is 0.412 e. The molecule has 1 aliphatic heterocycles. The number of carbonyl (C=O) groups excluding carboxylic acids is 1. The van der Waals surface area contributed by atoms with Crippen molar-refractivity contribution >= 4 is 23.1 Å². The molecule has 0 bridgehead atoms. The van der Waals surface area contributed by atoms with Crippen LogP contribution >= 0.6 is 0 Å². The maximum atomic E-state index is 12.3. The van der Waals surface area contributed by atoms with Crippen molar-refractivity contribution < 1.29 is 14.3 Å². The molecule has 1 fully saturated rings. The van der Waals surface area contributed by atoms with Crippen molar-refractivity contribution in [3.63, 3.8) is 0 Å². The monoisotopic (exact) mass is 509 g/mol. The Hall–Kier alpha value is -3.37. The molecule has 1 amide bonds. The lowest BCUT2D eigenvalue weighted by Gasteiger charge is -2.35. The quantitative estimate of drug-likeness (QED) is 0.493. The number of anilines is 2. The fraction of sp³-hybridized carbons (Fsp3) is 0.519. The zero-order valence-corrected chi connectivity index (χ0v) is 22.7. The third-order valence-corrected chi connectivity index (χ3v) is 6.71. The highest BCUT2D eigenvalue weighted by Gasteiger charge is 2.23. The number of fused-ring (bicyclic) bond motifs is 1. The lowest BCUT2D eigenvalue weighted by Crippen LogP contribution is -2.42. The van der Waals surface area contributed by atoms with Gasteiger partial charge in [0.05, 0.1) is 12.8 Å². The van der Waals surface area contributed by atoms with Gasteiger partial charge in [0.15, 0.2) is 0 Å². The first kappa shape index (κ1) is 26.7. The van der Waals surface area contributed by atoms with Gasteiger partial charge in [-0.05, 0) is 72.9 Å². The van der Waals surface area contributed by atoms with Crippen LogP contribution in [-0.2, 0) is 11.2 Å². The fourth-order valence-corrected chi connectivity index (χ4v) is 4.78. The van der Waals surface area contributed by atoms with Crippen LogP contribution in [0.15, 0.2) is 30.6 Å². The number of imidazole rings is 1. The van der Waals surface area contributed by atoms with Gasteiger partial charge in [0, 0.05) is 37.0 Å². The van der Waals surface area contributed by atoms with Gasteiger partial charge in [-0.25, -0.2) is 14.8 Å². The molecule has 0 aliphatic carbocycles. The van der Waals surface area contributed by atoms with E-state index in [9.17, 15) is 4.79 Å². The second-order valence-electron chi connectivity index (χ2n) is 10.7. The van der Waals surface area contributed by atoms with E-state index in [0.717, 1.165) is 48.7 Å². The first-order valence-corrected chi connectivity index (χ1v) is 12.7. The number of rotatable bonds is 7. The summed E-state index contributed by atoms with van der Waals surface area (Å²) in [5.74, 6) is 1.85. The summed E-state index contributed by atoms with van der Waals surface area (Å²) in [7, 11) is 5.88. The summed E-state index contributed by atoms with van der Waals surface area (Å²) in [6.45, 7) is 8.57. The molecule has 0 saturated carbocycles. The Balaban J connectivity index is 1.57. The number of carbonyl (C=O) groups is 1. The summed E-state index contributed by atoms with van der Waals surface area (Å²) in [5.41, 5.74) is 8.55. The van der Waals surface area contributed by atoms with Gasteiger partial charge in [0.1, 0.15) is 34.2 Å². The van der Waals surface area contributed by atoms with Gasteiger partial charge in [-0.15, -0.1) is 0 Å². The Morgan fingerprint density at radius 1 is 1.24 bits per heavy atom. The number of nitrogen functional groups attached to an aromatic ring is 1. The normalized spacial score (nSPS) is 15.3. The molecule has 3 aromatic rings. The van der Waals surface area contributed by atoms with Crippen LogP contribution in [-0.4, -0.2) is 82.7 Å². The van der Waals surface area contributed by atoms with E-state index in [4.69, 9.17) is 20.2 Å². The van der Waals surface area contributed by atoms with Crippen LogP contribution in [0.3, 0.4) is 0 Å². The van der Waals surface area contributed by atoms with Crippen molar-refractivity contribution in [3.05, 3.63) is 36.4 Å². The van der Waals surface area contributed by atoms with Crippen molar-refractivity contribution in [2.45, 2.75) is 51.7 Å². The molecule has 1 aromatic carbocycles. The van der Waals surface area contributed by atoms with E-state index < -0.39 is 11.7 Å². The number of hydrogen-bond acceptors (Lipinski definition) is 8. The fourth-order valence-electron chi connectivity index (χ4n) is 4.78. The summed E-state index contributed by atoms with van der Waals surface area (Å²) in [4.78, 5) is 26.4. The second kappa shape index (κ2) is 10.9. The van der Waals surface area contributed by atoms with Crippen molar-refractivity contribution in [1.82, 2.24) is 24.2 Å². The van der Waals surface area contributed by atoms with E-state index in [1.807, 2.05) is 43.5 Å². The number of piperidine rings is 1. The van der Waals surface area contributed by atoms with E-state index in [0.29, 0.717) is 23.3 Å². The first-order chi connectivity index (χ1) is 17.6. The number of hydrogen-bond donors (Lipinski definition) is 2. The lowest BCUT2D eigenvalue weighted by molar-refractivity contribution is 0.0635. The highest BCUT2D eigenvalue weighted by atomic mass is 16.6. The number of benzene rings is 1. The molecule has 0 atom stereocenters. The highest BCUT2D eigenvalue weighted by Crippen LogP contribution is 2.34. The van der Waals surface area contributed by atoms with Crippen LogP contribution in [0.4, 0.5) is 16.3 Å². The summed E-state index contributed by atoms with van der Waals surface area (Å²) >= 11 is 0. The van der Waals surface area contributed by atoms with Gasteiger partial charge in [0.2, 0.25) is 0 Å². The molecule has 0 unspecified atom stereocenters. The van der Waals surface area contributed by atoms with Gasteiger partial charge >= 0.3 is 6.09 Å². The van der Waals surface area contributed by atoms with E-state index >= 15 is 0 Å². The summed E-state index contributed by atoms with van der Waals surface area (Å²) in [6, 6.07) is 6.17. The van der Waals surface area contributed by atoms with Gasteiger partial charge in [-0.3, -0.25) is 9.72 Å². The summed E-state index contributed by atoms with van der Waals surface area (Å²) in [6.07, 6.45) is 6.23. The lowest BCUT2D eigenvalue weighted by atomic mass is 10.0. The molecule has 2 aromatic heterocycles. The summed E-state index contributed by atoms with van der Waals surface area (Å²) in [5, 5.41) is 2.76. The van der Waals surface area contributed by atoms with Crippen LogP contribution in [0.5, 0.6) is 5.75 Å². The number of likely N-dealkylation sites (tertiary alicyclic amines) is 1. The van der Waals surface area contributed by atoms with Gasteiger partial charge in [-0.1, -0.05) is 6.07 Å². The number of methoxy groups -OCH3 is 1. The van der Waals surface area contributed by atoms with Gasteiger partial charge < -0.3 is 25.0 Å². The first-order valence-electron chi connectivity index (χ1n) is 12.7. The minimum Gasteiger partial charge on any atom is -0.495 e. The van der Waals surface area contributed by atoms with Gasteiger partial charge in [0.25, 0.3) is 0 Å². The van der Waals surface area contributed by atoms with Crippen LogP contribution < -0.4 is 15.8 Å². The van der Waals surface area contributed by atoms with Gasteiger partial charge in [-0.2, -0.15) is 0 Å². The van der Waals surface area contributed by atoms with E-state index in [-0.39, 0.29) is 0 Å². The van der Waals surface area contributed by atoms with E-state index in [1.54, 1.807) is 19.4 Å². The largest absolute Gasteiger partial charge is 0.495 e. The van der Waals surface area contributed by atoms with Crippen LogP contribution in [0.25, 0.3) is 16.8 Å². The Morgan fingerprint density at radius 2 is 1.97 bits per heavy atom. The Bertz CT molecular complexity index is 1240. The number of aromatic nitrogens is 3. The molecule has 1 aliphatic rings. The number of amides is 1. The predicted molar refractivity (Wildman–Crippen MR) is 146 cm³/mol. The molecule has 37 heavy (non-hydrogen) atoms. The van der Waals surface area contributed by atoms with Crippen molar-refractivity contribution in [2.24, 2.45) is 0 Å². The molecule has 0 spiro atoms. The molecule has 10 nitrogen and oxygen atoms in total. The zero-order chi connectivity index (χ0) is 26.7. The SMILES string of the molecule is COc1cc(-c2nc(CCN3CCC(N(C)C)CC3)n3ccnc(N)c23)ccc1NC(=O)OC(C)(C)C. The topological polar surface area (TPSA) is 110 Å². The predicted octanol–water partition coefficient (Wildman–Crippen LogP) is 3.90. The van der Waals surface area contributed by atoms with E-state index in [1.165, 1.54) is 12.8 Å². The number of ether oxygens (including phenoxy) is 2. The molecule has 1 saturated heterocycles.